The maximum atomic E-state index is 13.0. The van der Waals surface area contributed by atoms with E-state index in [0.29, 0.717) is 13.0 Å². The van der Waals surface area contributed by atoms with E-state index in [0.717, 1.165) is 37.1 Å². The smallest absolute Gasteiger partial charge is 0.159 e. The highest BCUT2D eigenvalue weighted by atomic mass is 19.1. The Bertz CT molecular complexity index is 672. The maximum absolute atomic E-state index is 13.0. The summed E-state index contributed by atoms with van der Waals surface area (Å²) in [4.78, 5) is 9.12. The van der Waals surface area contributed by atoms with Crippen LogP contribution in [0.4, 0.5) is 4.39 Å². The van der Waals surface area contributed by atoms with Gasteiger partial charge in [0.2, 0.25) is 0 Å². The van der Waals surface area contributed by atoms with Crippen LogP contribution >= 0.6 is 0 Å². The highest BCUT2D eigenvalue weighted by molar-refractivity contribution is 5.55. The molecule has 0 aliphatic heterocycles. The molecule has 0 aliphatic rings. The van der Waals surface area contributed by atoms with E-state index >= 15 is 0 Å². The number of unbranched alkanes of at least 4 members (excludes halogenated alkanes) is 6. The van der Waals surface area contributed by atoms with Gasteiger partial charge in [0.25, 0.3) is 0 Å². The lowest BCUT2D eigenvalue weighted by Crippen LogP contribution is -2.09. The molecule has 0 saturated heterocycles. The lowest BCUT2D eigenvalue weighted by molar-refractivity contribution is 0.0765. The second kappa shape index (κ2) is 15.1. The summed E-state index contributed by atoms with van der Waals surface area (Å²) in [7, 11) is 0. The van der Waals surface area contributed by atoms with Gasteiger partial charge in [0, 0.05) is 24.6 Å². The van der Waals surface area contributed by atoms with Gasteiger partial charge in [0.05, 0.1) is 6.61 Å². The van der Waals surface area contributed by atoms with Gasteiger partial charge >= 0.3 is 0 Å². The van der Waals surface area contributed by atoms with Crippen molar-refractivity contribution in [1.82, 2.24) is 9.97 Å². The van der Waals surface area contributed by atoms with E-state index in [9.17, 15) is 4.39 Å². The van der Waals surface area contributed by atoms with Gasteiger partial charge in [-0.3, -0.25) is 0 Å². The molecule has 166 valence electrons. The van der Waals surface area contributed by atoms with E-state index in [2.05, 4.69) is 41.2 Å². The molecule has 0 radical (unpaired) electrons. The number of rotatable bonds is 16. The SMILES string of the molecule is CCCCCCc1cnc(-c2ccc(CCCCCCOCC(F)CC)cc2)nc1. The standard InChI is InChI=1S/C26H39FN2O/c1-3-5-6-9-13-23-19-28-26(29-20-23)24-16-14-22(15-17-24)12-10-7-8-11-18-30-21-25(27)4-2/h14-17,19-20,25H,3-13,18,21H2,1-2H3. The average Bonchev–Trinajstić information content (AvgIpc) is 2.79. The molecule has 0 spiro atoms. The number of benzene rings is 1. The lowest BCUT2D eigenvalue weighted by atomic mass is 10.0. The molecule has 1 atom stereocenters. The molecule has 0 amide bonds. The van der Waals surface area contributed by atoms with Crippen LogP contribution in [0.5, 0.6) is 0 Å². The number of alkyl halides is 1. The van der Waals surface area contributed by atoms with Crippen molar-refractivity contribution < 1.29 is 9.13 Å². The molecule has 1 heterocycles. The monoisotopic (exact) mass is 414 g/mol. The second-order valence-corrected chi connectivity index (χ2v) is 8.17. The van der Waals surface area contributed by atoms with Gasteiger partial charge in [0.1, 0.15) is 6.17 Å². The van der Waals surface area contributed by atoms with Crippen molar-refractivity contribution in [3.8, 4) is 11.4 Å². The minimum Gasteiger partial charge on any atom is -0.378 e. The molecule has 2 aromatic rings. The predicted molar refractivity (Wildman–Crippen MR) is 123 cm³/mol. The Morgan fingerprint density at radius 2 is 1.43 bits per heavy atom. The van der Waals surface area contributed by atoms with Crippen molar-refractivity contribution in [3.63, 3.8) is 0 Å². The molecule has 30 heavy (non-hydrogen) atoms. The first kappa shape index (κ1) is 24.5. The van der Waals surface area contributed by atoms with Gasteiger partial charge in [-0.1, -0.05) is 70.2 Å². The molecule has 0 saturated carbocycles. The molecular weight excluding hydrogens is 375 g/mol. The van der Waals surface area contributed by atoms with Crippen LogP contribution in [-0.2, 0) is 17.6 Å². The first-order valence-electron chi connectivity index (χ1n) is 11.8. The molecule has 0 bridgehead atoms. The van der Waals surface area contributed by atoms with Crippen LogP contribution in [0.3, 0.4) is 0 Å². The van der Waals surface area contributed by atoms with Crippen molar-refractivity contribution in [2.45, 2.75) is 90.6 Å². The largest absolute Gasteiger partial charge is 0.378 e. The van der Waals surface area contributed by atoms with E-state index in [1.165, 1.54) is 49.7 Å². The van der Waals surface area contributed by atoms with E-state index < -0.39 is 6.17 Å². The number of nitrogens with zero attached hydrogens (tertiary/aromatic N) is 2. The van der Waals surface area contributed by atoms with E-state index in [1.54, 1.807) is 0 Å². The highest BCUT2D eigenvalue weighted by Gasteiger charge is 2.04. The first-order chi connectivity index (χ1) is 14.7. The molecule has 0 fully saturated rings. The lowest BCUT2D eigenvalue weighted by Gasteiger charge is -2.07. The molecule has 4 heteroatoms. The normalized spacial score (nSPS) is 12.2. The maximum Gasteiger partial charge on any atom is 0.159 e. The fraction of sp³-hybridized carbons (Fsp3) is 0.615. The zero-order valence-corrected chi connectivity index (χ0v) is 18.9. The van der Waals surface area contributed by atoms with E-state index in [1.807, 2.05) is 19.3 Å². The van der Waals surface area contributed by atoms with Gasteiger partial charge < -0.3 is 4.74 Å². The number of hydrogen-bond donors (Lipinski definition) is 0. The Balaban J connectivity index is 1.63. The average molecular weight is 415 g/mol. The van der Waals surface area contributed by atoms with Crippen LogP contribution in [-0.4, -0.2) is 29.4 Å². The van der Waals surface area contributed by atoms with Crippen LogP contribution in [0.2, 0.25) is 0 Å². The third-order valence-electron chi connectivity index (χ3n) is 5.48. The Kier molecular flexibility index (Phi) is 12.3. The van der Waals surface area contributed by atoms with E-state index in [4.69, 9.17) is 4.74 Å². The van der Waals surface area contributed by atoms with Gasteiger partial charge in [-0.15, -0.1) is 0 Å². The summed E-state index contributed by atoms with van der Waals surface area (Å²) in [5.74, 6) is 0.803. The van der Waals surface area contributed by atoms with Gasteiger partial charge in [0.15, 0.2) is 5.82 Å². The molecule has 0 aliphatic carbocycles. The molecule has 1 aromatic heterocycles. The van der Waals surface area contributed by atoms with Gasteiger partial charge in [-0.2, -0.15) is 0 Å². The minimum atomic E-state index is -0.813. The zero-order valence-electron chi connectivity index (χ0n) is 18.9. The summed E-state index contributed by atoms with van der Waals surface area (Å²) in [5.41, 5.74) is 3.66. The van der Waals surface area contributed by atoms with Gasteiger partial charge in [-0.05, 0) is 49.7 Å². The van der Waals surface area contributed by atoms with Crippen LogP contribution in [0.1, 0.15) is 82.8 Å². The third-order valence-corrected chi connectivity index (χ3v) is 5.48. The quantitative estimate of drug-likeness (QED) is 0.274. The van der Waals surface area contributed by atoms with Crippen molar-refractivity contribution in [3.05, 3.63) is 47.8 Å². The third kappa shape index (κ3) is 9.80. The van der Waals surface area contributed by atoms with Crippen LogP contribution in [0.15, 0.2) is 36.7 Å². The fourth-order valence-electron chi connectivity index (χ4n) is 3.43. The van der Waals surface area contributed by atoms with Crippen molar-refractivity contribution in [2.24, 2.45) is 0 Å². The zero-order chi connectivity index (χ0) is 21.4. The Hall–Kier alpha value is -1.81. The topological polar surface area (TPSA) is 35.0 Å². The van der Waals surface area contributed by atoms with Crippen LogP contribution in [0.25, 0.3) is 11.4 Å². The molecule has 0 N–H and O–H groups in total. The Morgan fingerprint density at radius 3 is 2.10 bits per heavy atom. The predicted octanol–water partition coefficient (Wildman–Crippen LogP) is 7.13. The Labute approximate surface area is 182 Å². The van der Waals surface area contributed by atoms with Crippen molar-refractivity contribution in [2.75, 3.05) is 13.2 Å². The molecule has 1 aromatic carbocycles. The number of halogens is 1. The Morgan fingerprint density at radius 1 is 0.800 bits per heavy atom. The minimum absolute atomic E-state index is 0.244. The molecule has 2 rings (SSSR count). The number of hydrogen-bond acceptors (Lipinski definition) is 3. The second-order valence-electron chi connectivity index (χ2n) is 8.17. The molecule has 3 nitrogen and oxygen atoms in total. The van der Waals surface area contributed by atoms with E-state index in [-0.39, 0.29) is 6.61 Å². The fourth-order valence-corrected chi connectivity index (χ4v) is 3.43. The summed E-state index contributed by atoms with van der Waals surface area (Å²) in [5, 5.41) is 0. The summed E-state index contributed by atoms with van der Waals surface area (Å²) in [6.07, 6.45) is 15.4. The number of aromatic nitrogens is 2. The molecular formula is C26H39FN2O. The number of aryl methyl sites for hydroxylation is 2. The van der Waals surface area contributed by atoms with Gasteiger partial charge in [-0.25, -0.2) is 14.4 Å². The summed E-state index contributed by atoms with van der Waals surface area (Å²) >= 11 is 0. The van der Waals surface area contributed by atoms with Crippen LogP contribution < -0.4 is 0 Å². The summed E-state index contributed by atoms with van der Waals surface area (Å²) < 4.78 is 18.4. The highest BCUT2D eigenvalue weighted by Crippen LogP contribution is 2.17. The number of ether oxygens (including phenoxy) is 1. The summed E-state index contributed by atoms with van der Waals surface area (Å²) in [6.45, 7) is 5.00. The van der Waals surface area contributed by atoms with Crippen molar-refractivity contribution >= 4 is 0 Å². The molecule has 1 unspecified atom stereocenters. The summed E-state index contributed by atoms with van der Waals surface area (Å²) in [6, 6.07) is 8.63. The van der Waals surface area contributed by atoms with Crippen molar-refractivity contribution in [1.29, 1.82) is 0 Å². The van der Waals surface area contributed by atoms with Crippen LogP contribution in [0, 0.1) is 0 Å². The first-order valence-corrected chi connectivity index (χ1v) is 11.8.